The summed E-state index contributed by atoms with van der Waals surface area (Å²) in [6.45, 7) is 0. The lowest BCUT2D eigenvalue weighted by Gasteiger charge is -2.24. The van der Waals surface area contributed by atoms with Crippen molar-refractivity contribution in [3.63, 3.8) is 0 Å². The molecule has 0 unspecified atom stereocenters. The van der Waals surface area contributed by atoms with Gasteiger partial charge in [0.25, 0.3) is 0 Å². The smallest absolute Gasteiger partial charge is 0.143 e. The van der Waals surface area contributed by atoms with E-state index in [9.17, 15) is 0 Å². The molecule has 1 nitrogen and oxygen atoms in total. The highest BCUT2D eigenvalue weighted by molar-refractivity contribution is 7.26. The second kappa shape index (κ2) is 14.5. The average Bonchev–Trinajstić information content (AvgIpc) is 4.09. The van der Waals surface area contributed by atoms with E-state index >= 15 is 0 Å². The third-order valence-electron chi connectivity index (χ3n) is 14.8. The Morgan fingerprint density at radius 1 is 0.358 bits per heavy atom. The first-order chi connectivity index (χ1) is 33.3. The van der Waals surface area contributed by atoms with Gasteiger partial charge >= 0.3 is 0 Å². The SMILES string of the molecule is C1=Cc2c(c(-c3cccc4c3oc3ccc(-c5c6c(c(-c7cccc8c7sc7ccccc78)c7ccccc57)CCC=C6)cc34)c3ccccc3c2-c2cccc3c2sc2ccccc23)CC1. The van der Waals surface area contributed by atoms with Crippen LogP contribution in [0.3, 0.4) is 0 Å². The Kier molecular flexibility index (Phi) is 8.13. The largest absolute Gasteiger partial charge is 0.455 e. The molecule has 2 aliphatic carbocycles. The van der Waals surface area contributed by atoms with Crippen LogP contribution in [0.4, 0.5) is 0 Å². The zero-order valence-corrected chi connectivity index (χ0v) is 38.2. The summed E-state index contributed by atoms with van der Waals surface area (Å²) in [5, 5.41) is 12.8. The molecule has 0 atom stereocenters. The average molecular weight is 889 g/mol. The number of fused-ring (bicyclic) bond motifs is 13. The molecule has 67 heavy (non-hydrogen) atoms. The van der Waals surface area contributed by atoms with Crippen molar-refractivity contribution in [3.8, 4) is 44.5 Å². The van der Waals surface area contributed by atoms with Crippen LogP contribution in [-0.2, 0) is 12.8 Å². The number of hydrogen-bond acceptors (Lipinski definition) is 3. The number of rotatable bonds is 4. The Morgan fingerprint density at radius 3 is 1.43 bits per heavy atom. The maximum atomic E-state index is 7.09. The zero-order chi connectivity index (χ0) is 43.7. The molecule has 0 radical (unpaired) electrons. The maximum Gasteiger partial charge on any atom is 0.143 e. The van der Waals surface area contributed by atoms with E-state index in [-0.39, 0.29) is 0 Å². The van der Waals surface area contributed by atoms with Crippen LogP contribution in [-0.4, -0.2) is 0 Å². The molecule has 0 amide bonds. The summed E-state index contributed by atoms with van der Waals surface area (Å²) in [5.41, 5.74) is 17.7. The summed E-state index contributed by atoms with van der Waals surface area (Å²) in [7, 11) is 0. The predicted molar refractivity (Wildman–Crippen MR) is 291 cm³/mol. The molecule has 2 aliphatic rings. The molecule has 0 bridgehead atoms. The summed E-state index contributed by atoms with van der Waals surface area (Å²) in [6.07, 6.45) is 13.6. The number of hydrogen-bond donors (Lipinski definition) is 0. The number of furan rings is 1. The van der Waals surface area contributed by atoms with Crippen molar-refractivity contribution in [2.75, 3.05) is 0 Å². The monoisotopic (exact) mass is 888 g/mol. The summed E-state index contributed by atoms with van der Waals surface area (Å²) in [4.78, 5) is 0. The van der Waals surface area contributed by atoms with Gasteiger partial charge in [-0.25, -0.2) is 0 Å². The molecule has 10 aromatic carbocycles. The topological polar surface area (TPSA) is 13.1 Å². The van der Waals surface area contributed by atoms with Gasteiger partial charge in [-0.05, 0) is 122 Å². The molecule has 314 valence electrons. The van der Waals surface area contributed by atoms with Gasteiger partial charge in [0.05, 0.1) is 0 Å². The van der Waals surface area contributed by atoms with Gasteiger partial charge in [0.1, 0.15) is 11.2 Å². The first kappa shape index (κ1) is 37.6. The normalized spacial score (nSPS) is 13.6. The van der Waals surface area contributed by atoms with Crippen LogP contribution in [0.15, 0.2) is 186 Å². The summed E-state index contributed by atoms with van der Waals surface area (Å²) < 4.78 is 12.5. The summed E-state index contributed by atoms with van der Waals surface area (Å²) in [6, 6.07) is 63.4. The van der Waals surface area contributed by atoms with E-state index < -0.39 is 0 Å². The van der Waals surface area contributed by atoms with E-state index in [1.807, 2.05) is 22.7 Å². The van der Waals surface area contributed by atoms with Crippen molar-refractivity contribution >= 4 is 119 Å². The Hall–Kier alpha value is -7.56. The molecule has 3 aromatic heterocycles. The quantitative estimate of drug-likeness (QED) is 0.172. The van der Waals surface area contributed by atoms with Crippen LogP contribution in [0.5, 0.6) is 0 Å². The lowest BCUT2D eigenvalue weighted by molar-refractivity contribution is 0.670. The Balaban J connectivity index is 0.946. The Labute approximate surface area is 395 Å². The van der Waals surface area contributed by atoms with E-state index in [1.165, 1.54) is 123 Å². The minimum absolute atomic E-state index is 0.916. The molecule has 3 heterocycles. The van der Waals surface area contributed by atoms with Crippen LogP contribution in [0.25, 0.3) is 140 Å². The number of allylic oxidation sites excluding steroid dienone is 2. The van der Waals surface area contributed by atoms with E-state index in [2.05, 4.69) is 194 Å². The van der Waals surface area contributed by atoms with Gasteiger partial charge in [-0.1, -0.05) is 170 Å². The molecule has 0 saturated heterocycles. The minimum atomic E-state index is 0.916. The van der Waals surface area contributed by atoms with Crippen molar-refractivity contribution in [1.82, 2.24) is 0 Å². The van der Waals surface area contributed by atoms with Crippen molar-refractivity contribution in [2.45, 2.75) is 25.7 Å². The second-order valence-corrected chi connectivity index (χ2v) is 20.4. The van der Waals surface area contributed by atoms with Crippen molar-refractivity contribution < 1.29 is 4.42 Å². The fourth-order valence-corrected chi connectivity index (χ4v) is 14.5. The van der Waals surface area contributed by atoms with E-state index in [0.717, 1.165) is 53.2 Å². The highest BCUT2D eigenvalue weighted by atomic mass is 32.1. The standard InChI is InChI=1S/C64H40OS2/c1-3-20-42-40(18-1)58(41-19-2-4-21-43(41)60(42)52-30-14-27-49-38-16-9-11-32-56(38)66-63(49)52)37-34-35-55-54(36-37)48-26-13-29-51(62(48)65-55)59-44-22-5-7-24-46(44)61(47-25-8-6-23-45(47)59)53-31-15-28-50-39-17-10-12-33-57(39)67-64(50)53/h1-3,5,7-20,22,24-36H,4,6,21,23H2. The van der Waals surface area contributed by atoms with E-state index in [1.54, 1.807) is 0 Å². The van der Waals surface area contributed by atoms with Crippen LogP contribution < -0.4 is 0 Å². The molecule has 0 spiro atoms. The second-order valence-electron chi connectivity index (χ2n) is 18.3. The molecule has 0 aliphatic heterocycles. The molecular weight excluding hydrogens is 849 g/mol. The van der Waals surface area contributed by atoms with Gasteiger partial charge in [0.2, 0.25) is 0 Å². The van der Waals surface area contributed by atoms with Gasteiger partial charge in [0.15, 0.2) is 0 Å². The predicted octanol–water partition coefficient (Wildman–Crippen LogP) is 19.2. The minimum Gasteiger partial charge on any atom is -0.455 e. The first-order valence-corrected chi connectivity index (χ1v) is 25.2. The molecule has 13 aromatic rings. The van der Waals surface area contributed by atoms with E-state index in [4.69, 9.17) is 4.42 Å². The zero-order valence-electron chi connectivity index (χ0n) is 36.5. The lowest BCUT2D eigenvalue weighted by atomic mass is 9.79. The van der Waals surface area contributed by atoms with Gasteiger partial charge < -0.3 is 4.42 Å². The van der Waals surface area contributed by atoms with Crippen LogP contribution in [0, 0.1) is 0 Å². The van der Waals surface area contributed by atoms with Gasteiger partial charge in [-0.15, -0.1) is 22.7 Å². The van der Waals surface area contributed by atoms with Crippen LogP contribution >= 0.6 is 22.7 Å². The van der Waals surface area contributed by atoms with Crippen LogP contribution in [0.2, 0.25) is 0 Å². The van der Waals surface area contributed by atoms with Crippen molar-refractivity contribution in [3.05, 3.63) is 204 Å². The molecule has 15 rings (SSSR count). The maximum absolute atomic E-state index is 7.09. The van der Waals surface area contributed by atoms with Crippen LogP contribution in [0.1, 0.15) is 35.1 Å². The first-order valence-electron chi connectivity index (χ1n) is 23.5. The van der Waals surface area contributed by atoms with Gasteiger partial charge in [-0.2, -0.15) is 0 Å². The Morgan fingerprint density at radius 2 is 0.821 bits per heavy atom. The van der Waals surface area contributed by atoms with Crippen molar-refractivity contribution in [2.24, 2.45) is 0 Å². The Bertz CT molecular complexity index is 4340. The number of para-hydroxylation sites is 1. The molecule has 0 fully saturated rings. The third-order valence-corrected chi connectivity index (χ3v) is 17.3. The van der Waals surface area contributed by atoms with Gasteiger partial charge in [-0.3, -0.25) is 0 Å². The highest BCUT2D eigenvalue weighted by Crippen LogP contribution is 2.52. The molecular formula is C64H40OS2. The highest BCUT2D eigenvalue weighted by Gasteiger charge is 2.27. The van der Waals surface area contributed by atoms with E-state index in [0.29, 0.717) is 0 Å². The molecule has 0 N–H and O–H groups in total. The number of thiophene rings is 2. The summed E-state index contributed by atoms with van der Waals surface area (Å²) in [5.74, 6) is 0. The number of benzene rings is 10. The van der Waals surface area contributed by atoms with Crippen molar-refractivity contribution in [1.29, 1.82) is 0 Å². The molecule has 3 heteroatoms. The lowest BCUT2D eigenvalue weighted by Crippen LogP contribution is -2.02. The third kappa shape index (κ3) is 5.41. The van der Waals surface area contributed by atoms with Gasteiger partial charge in [0, 0.05) is 67.8 Å². The summed E-state index contributed by atoms with van der Waals surface area (Å²) >= 11 is 3.84. The molecule has 0 saturated carbocycles. The fourth-order valence-electron chi connectivity index (χ4n) is 12.0. The fraction of sp³-hybridized carbons (Fsp3) is 0.0625.